The maximum absolute atomic E-state index is 13.2. The zero-order chi connectivity index (χ0) is 18.8. The fourth-order valence-corrected chi connectivity index (χ4v) is 2.53. The second kappa shape index (κ2) is 6.79. The highest BCUT2D eigenvalue weighted by Crippen LogP contribution is 2.20. The first-order chi connectivity index (χ1) is 12.3. The smallest absolute Gasteiger partial charge is 0.408 e. The number of oxazole rings is 1. The summed E-state index contributed by atoms with van der Waals surface area (Å²) >= 11 is 0. The van der Waals surface area contributed by atoms with E-state index in [-0.39, 0.29) is 35.7 Å². The molecule has 0 radical (unpaired) electrons. The van der Waals surface area contributed by atoms with Gasteiger partial charge in [-0.3, -0.25) is 19.5 Å². The molecule has 3 aromatic rings. The quantitative estimate of drug-likeness (QED) is 0.555. The molecule has 1 heterocycles. The van der Waals surface area contributed by atoms with Crippen LogP contribution in [0.3, 0.4) is 0 Å². The first kappa shape index (κ1) is 17.3. The van der Waals surface area contributed by atoms with Crippen molar-refractivity contribution in [2.75, 3.05) is 0 Å². The monoisotopic (exact) mass is 359 g/mol. The van der Waals surface area contributed by atoms with Crippen molar-refractivity contribution in [1.29, 1.82) is 0 Å². The van der Waals surface area contributed by atoms with Crippen LogP contribution in [0, 0.1) is 22.9 Å². The molecule has 1 N–H and O–H groups in total. The highest BCUT2D eigenvalue weighted by atomic mass is 19.1. The molecule has 1 amide bonds. The molecule has 0 saturated carbocycles. The first-order valence-corrected chi connectivity index (χ1v) is 7.64. The maximum atomic E-state index is 13.2. The van der Waals surface area contributed by atoms with E-state index >= 15 is 0 Å². The van der Waals surface area contributed by atoms with Crippen LogP contribution in [0.1, 0.15) is 11.1 Å². The molecule has 0 aliphatic rings. The molecule has 0 fully saturated rings. The molecule has 0 aliphatic heterocycles. The van der Waals surface area contributed by atoms with E-state index in [9.17, 15) is 24.1 Å². The van der Waals surface area contributed by atoms with Crippen molar-refractivity contribution in [3.8, 4) is 0 Å². The Morgan fingerprint density at radius 1 is 1.31 bits per heavy atom. The van der Waals surface area contributed by atoms with Crippen molar-refractivity contribution >= 4 is 22.7 Å². The Bertz CT molecular complexity index is 1070. The Kier molecular flexibility index (Phi) is 4.53. The predicted molar refractivity (Wildman–Crippen MR) is 90.1 cm³/mol. The van der Waals surface area contributed by atoms with Crippen molar-refractivity contribution in [1.82, 2.24) is 9.88 Å². The zero-order valence-electron chi connectivity index (χ0n) is 13.7. The lowest BCUT2D eigenvalue weighted by Crippen LogP contribution is -2.30. The van der Waals surface area contributed by atoms with Crippen LogP contribution in [-0.4, -0.2) is 15.4 Å². The topological polar surface area (TPSA) is 107 Å². The van der Waals surface area contributed by atoms with Crippen molar-refractivity contribution in [2.45, 2.75) is 20.0 Å². The summed E-state index contributed by atoms with van der Waals surface area (Å²) in [5.41, 5.74) is 1.27. The Morgan fingerprint density at radius 2 is 2.08 bits per heavy atom. The lowest BCUT2D eigenvalue weighted by Gasteiger charge is -2.07. The van der Waals surface area contributed by atoms with Gasteiger partial charge in [0.15, 0.2) is 5.58 Å². The number of nitrogens with zero attached hydrogens (tertiary/aromatic N) is 2. The van der Waals surface area contributed by atoms with Gasteiger partial charge in [-0.2, -0.15) is 0 Å². The molecule has 0 spiro atoms. The van der Waals surface area contributed by atoms with Gasteiger partial charge in [0.1, 0.15) is 12.4 Å². The third-order valence-electron chi connectivity index (χ3n) is 3.88. The van der Waals surface area contributed by atoms with Gasteiger partial charge >= 0.3 is 5.76 Å². The van der Waals surface area contributed by atoms with Crippen LogP contribution in [0.2, 0.25) is 0 Å². The number of nitrogens with one attached hydrogen (secondary N) is 1. The third-order valence-corrected chi connectivity index (χ3v) is 3.88. The molecule has 1 aromatic heterocycles. The number of benzene rings is 2. The fraction of sp³-hybridized carbons (Fsp3) is 0.176. The zero-order valence-corrected chi connectivity index (χ0v) is 13.7. The lowest BCUT2D eigenvalue weighted by molar-refractivity contribution is -0.384. The summed E-state index contributed by atoms with van der Waals surface area (Å²) in [4.78, 5) is 34.3. The van der Waals surface area contributed by atoms with Crippen LogP contribution in [0.25, 0.3) is 11.1 Å². The number of amides is 1. The summed E-state index contributed by atoms with van der Waals surface area (Å²) in [7, 11) is 0. The molecule has 0 saturated heterocycles. The van der Waals surface area contributed by atoms with Crippen LogP contribution in [0.15, 0.2) is 45.6 Å². The molecule has 9 heteroatoms. The van der Waals surface area contributed by atoms with Crippen molar-refractivity contribution in [3.63, 3.8) is 0 Å². The summed E-state index contributed by atoms with van der Waals surface area (Å²) in [5.74, 6) is -1.60. The highest BCUT2D eigenvalue weighted by molar-refractivity contribution is 5.80. The Labute approximate surface area is 146 Å². The van der Waals surface area contributed by atoms with Crippen molar-refractivity contribution in [2.24, 2.45) is 0 Å². The highest BCUT2D eigenvalue weighted by Gasteiger charge is 2.16. The standard InChI is InChI=1S/C17H14FN3O5/c1-10-6-11(2-4-13(10)18)8-19-16(22)9-20-14-7-12(21(24)25)3-5-15(14)26-17(20)23/h2-7H,8-9H2,1H3,(H,19,22). The van der Waals surface area contributed by atoms with Gasteiger partial charge in [-0.05, 0) is 30.2 Å². The van der Waals surface area contributed by atoms with Crippen molar-refractivity contribution < 1.29 is 18.5 Å². The van der Waals surface area contributed by atoms with Gasteiger partial charge < -0.3 is 9.73 Å². The number of aryl methyl sites for hydroxylation is 1. The van der Waals surface area contributed by atoms with Gasteiger partial charge in [-0.1, -0.05) is 12.1 Å². The van der Waals surface area contributed by atoms with E-state index in [4.69, 9.17) is 4.42 Å². The van der Waals surface area contributed by atoms with Crippen LogP contribution < -0.4 is 11.1 Å². The van der Waals surface area contributed by atoms with Gasteiger partial charge in [-0.15, -0.1) is 0 Å². The van der Waals surface area contributed by atoms with Gasteiger partial charge in [0, 0.05) is 18.7 Å². The minimum atomic E-state index is -0.784. The van der Waals surface area contributed by atoms with Gasteiger partial charge in [0.2, 0.25) is 5.91 Å². The lowest BCUT2D eigenvalue weighted by atomic mass is 10.1. The van der Waals surface area contributed by atoms with Crippen LogP contribution in [0.5, 0.6) is 0 Å². The van der Waals surface area contributed by atoms with E-state index in [0.717, 1.165) is 4.57 Å². The van der Waals surface area contributed by atoms with Crippen molar-refractivity contribution in [3.05, 3.63) is 74.0 Å². The molecule has 3 rings (SSSR count). The largest absolute Gasteiger partial charge is 0.420 e. The van der Waals surface area contributed by atoms with Gasteiger partial charge in [0.05, 0.1) is 10.4 Å². The van der Waals surface area contributed by atoms with E-state index in [0.29, 0.717) is 11.1 Å². The van der Waals surface area contributed by atoms with E-state index < -0.39 is 16.6 Å². The van der Waals surface area contributed by atoms with E-state index in [1.807, 2.05) is 0 Å². The predicted octanol–water partition coefficient (Wildman–Crippen LogP) is 2.27. The minimum Gasteiger partial charge on any atom is -0.408 e. The van der Waals surface area contributed by atoms with Crippen LogP contribution >= 0.6 is 0 Å². The second-order valence-corrected chi connectivity index (χ2v) is 5.72. The minimum absolute atomic E-state index is 0.155. The number of nitro benzene ring substituents is 1. The normalized spacial score (nSPS) is 10.8. The molecule has 8 nitrogen and oxygen atoms in total. The number of carbonyl (C=O) groups excluding carboxylic acids is 1. The molecule has 2 aromatic carbocycles. The third kappa shape index (κ3) is 3.46. The fourth-order valence-electron chi connectivity index (χ4n) is 2.53. The number of fused-ring (bicyclic) bond motifs is 1. The molecule has 0 bridgehead atoms. The molecule has 26 heavy (non-hydrogen) atoms. The van der Waals surface area contributed by atoms with Gasteiger partial charge in [-0.25, -0.2) is 9.18 Å². The number of aromatic nitrogens is 1. The van der Waals surface area contributed by atoms with Crippen LogP contribution in [-0.2, 0) is 17.9 Å². The van der Waals surface area contributed by atoms with Gasteiger partial charge in [0.25, 0.3) is 5.69 Å². The molecule has 0 atom stereocenters. The average Bonchev–Trinajstić information content (AvgIpc) is 2.91. The number of nitro groups is 1. The maximum Gasteiger partial charge on any atom is 0.420 e. The summed E-state index contributed by atoms with van der Waals surface area (Å²) in [5, 5.41) is 13.5. The summed E-state index contributed by atoms with van der Waals surface area (Å²) in [6.45, 7) is 1.42. The average molecular weight is 359 g/mol. The number of hydrogen-bond donors (Lipinski definition) is 1. The Balaban J connectivity index is 1.77. The number of hydrogen-bond acceptors (Lipinski definition) is 5. The molecule has 0 unspecified atom stereocenters. The SMILES string of the molecule is Cc1cc(CNC(=O)Cn2c(=O)oc3ccc([N+](=O)[O-])cc32)ccc1F. The molecular weight excluding hydrogens is 345 g/mol. The number of halogens is 1. The van der Waals surface area contributed by atoms with Crippen LogP contribution in [0.4, 0.5) is 10.1 Å². The Morgan fingerprint density at radius 3 is 2.77 bits per heavy atom. The molecule has 0 aliphatic carbocycles. The van der Waals surface area contributed by atoms with E-state index in [2.05, 4.69) is 5.32 Å². The Hall–Kier alpha value is -3.49. The number of rotatable bonds is 5. The summed E-state index contributed by atoms with van der Waals surface area (Å²) in [6, 6.07) is 8.17. The number of carbonyl (C=O) groups is 1. The summed E-state index contributed by atoms with van der Waals surface area (Å²) < 4.78 is 19.3. The summed E-state index contributed by atoms with van der Waals surface area (Å²) in [6.07, 6.45) is 0. The molecule has 134 valence electrons. The van der Waals surface area contributed by atoms with E-state index in [1.165, 1.54) is 24.3 Å². The second-order valence-electron chi connectivity index (χ2n) is 5.72. The van der Waals surface area contributed by atoms with E-state index in [1.54, 1.807) is 19.1 Å². The number of non-ortho nitro benzene ring substituents is 1. The molecular formula is C17H14FN3O5. The first-order valence-electron chi connectivity index (χ1n) is 7.64.